The van der Waals surface area contributed by atoms with Gasteiger partial charge in [0.05, 0.1) is 20.9 Å². The summed E-state index contributed by atoms with van der Waals surface area (Å²) in [5.41, 5.74) is 0.00156. The Morgan fingerprint density at radius 1 is 1.16 bits per heavy atom. The van der Waals surface area contributed by atoms with Crippen molar-refractivity contribution in [1.29, 1.82) is 0 Å². The Bertz CT molecular complexity index is 524. The molecule has 5 heteroatoms. The van der Waals surface area contributed by atoms with Gasteiger partial charge in [-0.2, -0.15) is 0 Å². The molecule has 2 bridgehead atoms. The average molecular weight is 359 g/mol. The van der Waals surface area contributed by atoms with Crippen LogP contribution in [0.1, 0.15) is 6.42 Å². The summed E-state index contributed by atoms with van der Waals surface area (Å²) >= 11 is 8.64. The van der Waals surface area contributed by atoms with Gasteiger partial charge in [-0.1, -0.05) is 15.9 Å². The first kappa shape index (κ1) is 11.2. The lowest BCUT2D eigenvalue weighted by molar-refractivity contribution is -0.487. The van der Waals surface area contributed by atoms with E-state index in [4.69, 9.17) is 4.74 Å². The molecule has 0 N–H and O–H groups in total. The lowest BCUT2D eigenvalue weighted by atomic mass is 9.06. The van der Waals surface area contributed by atoms with E-state index in [0.717, 1.165) is 17.8 Å². The van der Waals surface area contributed by atoms with Crippen molar-refractivity contribution in [2.45, 2.75) is 14.8 Å². The predicted molar refractivity (Wildman–Crippen MR) is 79.3 cm³/mol. The van der Waals surface area contributed by atoms with Gasteiger partial charge in [0.2, 0.25) is 0 Å². The molecule has 19 heavy (non-hydrogen) atoms. The zero-order valence-electron chi connectivity index (χ0n) is 10.6. The molecule has 0 aromatic heterocycles. The van der Waals surface area contributed by atoms with Crippen LogP contribution < -0.4 is 0 Å². The monoisotopic (exact) mass is 358 g/mol. The molecule has 6 aliphatic carbocycles. The maximum Gasteiger partial charge on any atom is 0.312 e. The number of rotatable bonds is 1. The number of hydrogen-bond acceptors (Lipinski definition) is 4. The minimum Gasteiger partial charge on any atom is -0.469 e. The number of carbonyl (C=O) groups excluding carboxylic acids is 1. The Hall–Kier alpha value is 0.650. The minimum absolute atomic E-state index is 0.00156. The molecule has 6 saturated carbocycles. The van der Waals surface area contributed by atoms with Crippen LogP contribution in [0.15, 0.2) is 0 Å². The quantitative estimate of drug-likeness (QED) is 0.531. The van der Waals surface area contributed by atoms with E-state index in [1.165, 1.54) is 17.9 Å². The third-order valence-corrected chi connectivity index (χ3v) is 13.5. The van der Waals surface area contributed by atoms with E-state index in [0.29, 0.717) is 26.2 Å². The number of hydrogen-bond donors (Lipinski definition) is 0. The number of esters is 1. The molecule has 2 nitrogen and oxygen atoms in total. The molecule has 0 unspecified atom stereocenters. The van der Waals surface area contributed by atoms with Gasteiger partial charge in [-0.25, -0.2) is 0 Å². The first-order valence-electron chi connectivity index (χ1n) is 7.20. The lowest BCUT2D eigenvalue weighted by Crippen LogP contribution is -3.04. The van der Waals surface area contributed by atoms with E-state index < -0.39 is 0 Å². The van der Waals surface area contributed by atoms with E-state index in [1.807, 2.05) is 0 Å². The van der Waals surface area contributed by atoms with Crippen LogP contribution >= 0.6 is 39.5 Å². The number of halogens is 1. The van der Waals surface area contributed by atoms with E-state index in [9.17, 15) is 4.79 Å². The van der Waals surface area contributed by atoms with Crippen molar-refractivity contribution < 1.29 is 9.53 Å². The third-order valence-electron chi connectivity index (χ3n) is 7.48. The number of alkyl halides is 1. The van der Waals surface area contributed by atoms with Gasteiger partial charge in [-0.15, -0.1) is 23.5 Å². The number of thioether (sulfide) groups is 2. The molecule has 102 valence electrons. The Balaban J connectivity index is 1.47. The Morgan fingerprint density at radius 3 is 2.37 bits per heavy atom. The Kier molecular flexibility index (Phi) is 1.65. The van der Waals surface area contributed by atoms with Gasteiger partial charge >= 0.3 is 5.97 Å². The summed E-state index contributed by atoms with van der Waals surface area (Å²) in [6.45, 7) is 0. The third kappa shape index (κ3) is 0.705. The fraction of sp³-hybridized carbons (Fsp3) is 0.929. The summed E-state index contributed by atoms with van der Waals surface area (Å²) in [4.78, 5) is 12.2. The van der Waals surface area contributed by atoms with Gasteiger partial charge < -0.3 is 4.74 Å². The van der Waals surface area contributed by atoms with Crippen LogP contribution in [0.2, 0.25) is 0 Å². The van der Waals surface area contributed by atoms with E-state index >= 15 is 0 Å². The van der Waals surface area contributed by atoms with Crippen molar-refractivity contribution in [1.82, 2.24) is 0 Å². The Morgan fingerprint density at radius 2 is 1.79 bits per heavy atom. The second-order valence-electron chi connectivity index (χ2n) is 7.14. The van der Waals surface area contributed by atoms with E-state index in [1.54, 1.807) is 7.11 Å². The molecular formula is C14H15BrO2S2. The Labute approximate surface area is 129 Å². The molecule has 1 heterocycles. The average Bonchev–Trinajstić information content (AvgIpc) is 2.86. The number of carbonyl (C=O) groups is 1. The maximum absolute atomic E-state index is 12.2. The van der Waals surface area contributed by atoms with Crippen LogP contribution in [-0.2, 0) is 9.53 Å². The number of methoxy groups -OCH3 is 1. The molecule has 0 aromatic rings. The zero-order valence-corrected chi connectivity index (χ0v) is 13.8. The van der Waals surface area contributed by atoms with Crippen LogP contribution in [0.5, 0.6) is 0 Å². The first-order chi connectivity index (χ1) is 9.14. The highest BCUT2D eigenvalue weighted by Crippen LogP contribution is 3.02. The molecule has 0 amide bonds. The number of ether oxygens (including phenoxy) is 1. The standard InChI is InChI=1S/C14H15BrO2S2/c1-17-11(16)13-6-5-4-12(18-2-3-19-12)14(15)9(6)8(13)10(14)7(5)13/h5-10H,2-4H2,1H3/t5?,6-,7-,8?,9-,10-,13?,14?/m1/s1. The van der Waals surface area contributed by atoms with Crippen LogP contribution in [0.4, 0.5) is 0 Å². The van der Waals surface area contributed by atoms with Crippen molar-refractivity contribution in [2.75, 3.05) is 18.6 Å². The molecule has 7 rings (SSSR count). The lowest BCUT2D eigenvalue weighted by Gasteiger charge is -3.00. The molecular weight excluding hydrogens is 344 g/mol. The maximum atomic E-state index is 12.2. The van der Waals surface area contributed by atoms with Crippen molar-refractivity contribution in [2.24, 2.45) is 40.9 Å². The molecule has 1 aliphatic heterocycles. The first-order valence-corrected chi connectivity index (χ1v) is 9.96. The van der Waals surface area contributed by atoms with Gasteiger partial charge in [0.1, 0.15) is 0 Å². The van der Waals surface area contributed by atoms with Crippen molar-refractivity contribution in [3.8, 4) is 0 Å². The summed E-state index contributed by atoms with van der Waals surface area (Å²) in [6, 6.07) is 0. The highest BCUT2D eigenvalue weighted by molar-refractivity contribution is 9.10. The minimum atomic E-state index is 0.00156. The summed E-state index contributed by atoms with van der Waals surface area (Å²) in [6.07, 6.45) is 1.33. The van der Waals surface area contributed by atoms with Gasteiger partial charge in [0, 0.05) is 11.5 Å². The van der Waals surface area contributed by atoms with E-state index in [2.05, 4.69) is 39.5 Å². The summed E-state index contributed by atoms with van der Waals surface area (Å²) in [5.74, 6) is 7.11. The predicted octanol–water partition coefficient (Wildman–Crippen LogP) is 2.61. The molecule has 1 spiro atoms. The smallest absolute Gasteiger partial charge is 0.312 e. The van der Waals surface area contributed by atoms with Crippen molar-refractivity contribution in [3.05, 3.63) is 0 Å². The fourth-order valence-corrected chi connectivity index (χ4v) is 13.1. The van der Waals surface area contributed by atoms with Gasteiger partial charge in [0.15, 0.2) is 0 Å². The van der Waals surface area contributed by atoms with Crippen LogP contribution in [0.3, 0.4) is 0 Å². The summed E-state index contributed by atoms with van der Waals surface area (Å²) in [5, 5.41) is 0. The molecule has 7 aliphatic rings. The highest BCUT2D eigenvalue weighted by Gasteiger charge is 3.04. The topological polar surface area (TPSA) is 26.3 Å². The summed E-state index contributed by atoms with van der Waals surface area (Å²) < 4.78 is 5.94. The second-order valence-corrected chi connectivity index (χ2v) is 11.5. The molecule has 7 fully saturated rings. The second kappa shape index (κ2) is 2.79. The highest BCUT2D eigenvalue weighted by atomic mass is 79.9. The molecule has 0 aromatic carbocycles. The van der Waals surface area contributed by atoms with Crippen LogP contribution in [0.25, 0.3) is 0 Å². The van der Waals surface area contributed by atoms with Crippen LogP contribution in [-0.4, -0.2) is 33.0 Å². The van der Waals surface area contributed by atoms with Gasteiger partial charge in [-0.3, -0.25) is 4.79 Å². The van der Waals surface area contributed by atoms with E-state index in [-0.39, 0.29) is 11.4 Å². The summed E-state index contributed by atoms with van der Waals surface area (Å²) in [7, 11) is 1.57. The van der Waals surface area contributed by atoms with Crippen molar-refractivity contribution in [3.63, 3.8) is 0 Å². The van der Waals surface area contributed by atoms with Crippen molar-refractivity contribution >= 4 is 45.4 Å². The normalized spacial score (nSPS) is 67.5. The zero-order chi connectivity index (χ0) is 12.8. The molecule has 0 radical (unpaired) electrons. The largest absolute Gasteiger partial charge is 0.469 e. The van der Waals surface area contributed by atoms with Gasteiger partial charge in [-0.05, 0) is 41.9 Å². The molecule has 4 atom stereocenters. The SMILES string of the molecule is COC(=O)C12C3[C@H]4[C@H]1C1CC5(SCCS5)C4(Br)[C@@H]3[C@@H]12. The fourth-order valence-electron chi connectivity index (χ4n) is 7.39. The van der Waals surface area contributed by atoms with Crippen LogP contribution in [0, 0.1) is 40.9 Å². The van der Waals surface area contributed by atoms with Gasteiger partial charge in [0.25, 0.3) is 0 Å². The molecule has 1 saturated heterocycles.